The molecule has 0 unspecified atom stereocenters. The molecule has 0 aliphatic heterocycles. The monoisotopic (exact) mass is 356 g/mol. The standard InChI is InChI=1S/C9H7.C5H5.C2H6Si.2ClH.Ti/c1-2-5-9-7-3-6-8(9)4-1;1-2-4-5-3-1;1-3-2;;;/h1-7H;1-5H;1-2H3;2*1H;/q2*-1;;;;+2/p-2. The van der Waals surface area contributed by atoms with Crippen molar-refractivity contribution in [1.82, 2.24) is 0 Å². The molecule has 0 saturated carbocycles. The molecule has 0 spiro atoms. The maximum absolute atomic E-state index is 4.89. The van der Waals surface area contributed by atoms with Gasteiger partial charge in [-0.05, 0) is 0 Å². The Bertz CT molecular complexity index is 456. The molecule has 0 saturated heterocycles. The molecule has 20 heavy (non-hydrogen) atoms. The minimum atomic E-state index is -0.556. The predicted octanol–water partition coefficient (Wildman–Crippen LogP) is 6.13. The maximum atomic E-state index is 4.89. The van der Waals surface area contributed by atoms with Crippen LogP contribution >= 0.6 is 18.6 Å². The molecule has 3 aromatic rings. The van der Waals surface area contributed by atoms with Gasteiger partial charge in [-0.2, -0.15) is 35.7 Å². The van der Waals surface area contributed by atoms with Crippen LogP contribution in [-0.4, -0.2) is 9.52 Å². The third-order valence-electron chi connectivity index (χ3n) is 2.10. The van der Waals surface area contributed by atoms with Crippen LogP contribution in [0.5, 0.6) is 0 Å². The second kappa shape index (κ2) is 15.1. The molecule has 106 valence electrons. The zero-order valence-corrected chi connectivity index (χ0v) is 15.8. The van der Waals surface area contributed by atoms with Gasteiger partial charge in [-0.15, -0.1) is 29.7 Å². The van der Waals surface area contributed by atoms with E-state index >= 15 is 0 Å². The van der Waals surface area contributed by atoms with Gasteiger partial charge in [0, 0.05) is 9.52 Å². The summed E-state index contributed by atoms with van der Waals surface area (Å²) in [7, 11) is 10.9. The van der Waals surface area contributed by atoms with Crippen LogP contribution in [0.4, 0.5) is 0 Å². The number of halogens is 2. The molecular formula is C16H18Cl2SiTi-2. The van der Waals surface area contributed by atoms with Crippen LogP contribution in [-0.2, 0) is 17.0 Å². The van der Waals surface area contributed by atoms with Crippen LogP contribution in [0.25, 0.3) is 10.8 Å². The smallest absolute Gasteiger partial charge is 0.0809 e. The van der Waals surface area contributed by atoms with Crippen molar-refractivity contribution < 1.29 is 17.0 Å². The first-order valence-corrected chi connectivity index (χ1v) is 12.4. The van der Waals surface area contributed by atoms with Gasteiger partial charge in [-0.1, -0.05) is 19.2 Å². The first-order valence-electron chi connectivity index (χ1n) is 6.12. The molecule has 3 rings (SSSR count). The molecule has 0 aliphatic carbocycles. The van der Waals surface area contributed by atoms with E-state index in [0.29, 0.717) is 0 Å². The van der Waals surface area contributed by atoms with Crippen molar-refractivity contribution in [3.8, 4) is 0 Å². The minimum absolute atomic E-state index is 0.556. The molecule has 0 nitrogen and oxygen atoms in total. The molecule has 3 aromatic carbocycles. The zero-order valence-electron chi connectivity index (χ0n) is 11.7. The molecule has 0 N–H and O–H groups in total. The first kappa shape index (κ1) is 19.7. The number of hydrogen-bond acceptors (Lipinski definition) is 0. The van der Waals surface area contributed by atoms with E-state index in [4.69, 9.17) is 18.6 Å². The molecule has 0 aliphatic rings. The minimum Gasteiger partial charge on any atom is -0.214 e. The van der Waals surface area contributed by atoms with Crippen LogP contribution < -0.4 is 0 Å². The fraction of sp³-hybridized carbons (Fsp3) is 0.125. The van der Waals surface area contributed by atoms with Gasteiger partial charge < -0.3 is 0 Å². The van der Waals surface area contributed by atoms with Gasteiger partial charge in [0.15, 0.2) is 0 Å². The molecule has 0 aromatic heterocycles. The van der Waals surface area contributed by atoms with E-state index in [1.807, 2.05) is 30.3 Å². The van der Waals surface area contributed by atoms with Crippen molar-refractivity contribution in [1.29, 1.82) is 0 Å². The number of hydrogen-bond donors (Lipinski definition) is 0. The van der Waals surface area contributed by atoms with Crippen molar-refractivity contribution in [2.75, 3.05) is 0 Å². The first-order chi connectivity index (χ1) is 9.79. The SMILES string of the molecule is C[Si]C.[Cl][Ti][Cl].c1cc[cH-]c1.c1ccc2[cH-]ccc2c1. The van der Waals surface area contributed by atoms with E-state index in [0.717, 1.165) is 9.52 Å². The van der Waals surface area contributed by atoms with Gasteiger partial charge in [-0.3, -0.25) is 0 Å². The summed E-state index contributed by atoms with van der Waals surface area (Å²) in [4.78, 5) is 0. The fourth-order valence-electron chi connectivity index (χ4n) is 1.39. The predicted molar refractivity (Wildman–Crippen MR) is 90.8 cm³/mol. The Morgan fingerprint density at radius 3 is 1.90 bits per heavy atom. The van der Waals surface area contributed by atoms with Crippen molar-refractivity contribution in [3.63, 3.8) is 0 Å². The van der Waals surface area contributed by atoms with E-state index < -0.39 is 17.0 Å². The quantitative estimate of drug-likeness (QED) is 0.336. The van der Waals surface area contributed by atoms with Crippen molar-refractivity contribution in [2.24, 2.45) is 0 Å². The third kappa shape index (κ3) is 10.5. The van der Waals surface area contributed by atoms with Crippen molar-refractivity contribution >= 4 is 38.9 Å². The molecule has 2 radical (unpaired) electrons. The summed E-state index contributed by atoms with van der Waals surface area (Å²) in [6.07, 6.45) is 0. The van der Waals surface area contributed by atoms with Gasteiger partial charge in [0.1, 0.15) is 0 Å². The summed E-state index contributed by atoms with van der Waals surface area (Å²) in [6.45, 7) is 4.31. The molecule has 0 fully saturated rings. The summed E-state index contributed by atoms with van der Waals surface area (Å²) >= 11 is -0.556. The largest absolute Gasteiger partial charge is 0.214 e. The Hall–Kier alpha value is -0.309. The van der Waals surface area contributed by atoms with Gasteiger partial charge in [0.05, 0.1) is 0 Å². The summed E-state index contributed by atoms with van der Waals surface area (Å²) in [5.74, 6) is 0. The number of fused-ring (bicyclic) bond motifs is 1. The Morgan fingerprint density at radius 2 is 1.45 bits per heavy atom. The van der Waals surface area contributed by atoms with Crippen LogP contribution in [0.1, 0.15) is 0 Å². The van der Waals surface area contributed by atoms with Gasteiger partial charge in [0.25, 0.3) is 0 Å². The molecule has 0 atom stereocenters. The van der Waals surface area contributed by atoms with E-state index in [9.17, 15) is 0 Å². The fourth-order valence-corrected chi connectivity index (χ4v) is 1.39. The van der Waals surface area contributed by atoms with Gasteiger partial charge >= 0.3 is 35.6 Å². The summed E-state index contributed by atoms with van der Waals surface area (Å²) < 4.78 is 0. The van der Waals surface area contributed by atoms with Crippen molar-refractivity contribution in [2.45, 2.75) is 13.1 Å². The number of rotatable bonds is 0. The molecule has 0 heterocycles. The average molecular weight is 357 g/mol. The summed E-state index contributed by atoms with van der Waals surface area (Å²) in [5.41, 5.74) is 0. The maximum Gasteiger partial charge on any atom is -0.0809 e. The normalized spacial score (nSPS) is 8.20. The second-order valence-electron chi connectivity index (χ2n) is 3.69. The van der Waals surface area contributed by atoms with Crippen LogP contribution in [0.15, 0.2) is 72.8 Å². The van der Waals surface area contributed by atoms with Gasteiger partial charge in [-0.25, -0.2) is 12.1 Å². The van der Waals surface area contributed by atoms with Crippen molar-refractivity contribution in [3.05, 3.63) is 72.8 Å². The number of benzene rings is 1. The third-order valence-corrected chi connectivity index (χ3v) is 2.10. The van der Waals surface area contributed by atoms with E-state index in [1.165, 1.54) is 10.8 Å². The second-order valence-corrected chi connectivity index (χ2v) is 7.27. The molecule has 4 heteroatoms. The molecule has 0 amide bonds. The zero-order chi connectivity index (χ0) is 15.1. The molecule has 0 bridgehead atoms. The van der Waals surface area contributed by atoms with Crippen LogP contribution in [0, 0.1) is 0 Å². The van der Waals surface area contributed by atoms with Crippen LogP contribution in [0.2, 0.25) is 13.1 Å². The molecular weight excluding hydrogens is 339 g/mol. The summed E-state index contributed by atoms with van der Waals surface area (Å²) in [6, 6.07) is 24.7. The van der Waals surface area contributed by atoms with E-state index in [2.05, 4.69) is 55.6 Å². The van der Waals surface area contributed by atoms with E-state index in [-0.39, 0.29) is 0 Å². The Balaban J connectivity index is 0.000000281. The average Bonchev–Trinajstić information content (AvgIpc) is 3.15. The van der Waals surface area contributed by atoms with Gasteiger partial charge in [0.2, 0.25) is 0 Å². The Labute approximate surface area is 141 Å². The van der Waals surface area contributed by atoms with Crippen LogP contribution in [0.3, 0.4) is 0 Å². The Morgan fingerprint density at radius 1 is 0.900 bits per heavy atom. The topological polar surface area (TPSA) is 0 Å². The summed E-state index contributed by atoms with van der Waals surface area (Å²) in [5, 5.41) is 2.66. The van der Waals surface area contributed by atoms with E-state index in [1.54, 1.807) is 0 Å². The Kier molecular flexibility index (Phi) is 14.9.